The van der Waals surface area contributed by atoms with Crippen LogP contribution in [-0.2, 0) is 0 Å². The third-order valence-electron chi connectivity index (χ3n) is 1.32. The van der Waals surface area contributed by atoms with Gasteiger partial charge in [-0.25, -0.2) is 0 Å². The van der Waals surface area contributed by atoms with Gasteiger partial charge in [-0.1, -0.05) is 18.2 Å². The van der Waals surface area contributed by atoms with Gasteiger partial charge < -0.3 is 0 Å². The van der Waals surface area contributed by atoms with E-state index < -0.39 is 0 Å². The molecule has 0 aliphatic heterocycles. The molecule has 1 aromatic rings. The van der Waals surface area contributed by atoms with Crippen molar-refractivity contribution in [2.45, 2.75) is 0 Å². The van der Waals surface area contributed by atoms with Crippen LogP contribution in [0.25, 0.3) is 0 Å². The van der Waals surface area contributed by atoms with Crippen molar-refractivity contribution in [3.63, 3.8) is 0 Å². The molecule has 0 unspecified atom stereocenters. The van der Waals surface area contributed by atoms with E-state index in [4.69, 9.17) is 0 Å². The molecule has 0 saturated heterocycles. The zero-order valence-corrected chi connectivity index (χ0v) is 6.54. The summed E-state index contributed by atoms with van der Waals surface area (Å²) in [7, 11) is 0. The summed E-state index contributed by atoms with van der Waals surface area (Å²) < 4.78 is 0. The standard InChI is InChI=1S/C8H6O2S/c9-5-6-3-1-2-4-7(6)8(10)11/h1-5H,(H,10,11). The van der Waals surface area contributed by atoms with Crippen molar-refractivity contribution in [3.8, 4) is 0 Å². The highest BCUT2D eigenvalue weighted by atomic mass is 32.1. The zero-order valence-electron chi connectivity index (χ0n) is 5.65. The summed E-state index contributed by atoms with van der Waals surface area (Å²) in [6.07, 6.45) is 0.642. The topological polar surface area (TPSA) is 34.1 Å². The van der Waals surface area contributed by atoms with E-state index >= 15 is 0 Å². The van der Waals surface area contributed by atoms with Crippen LogP contribution in [0.15, 0.2) is 24.3 Å². The maximum atomic E-state index is 10.7. The molecule has 0 amide bonds. The quantitative estimate of drug-likeness (QED) is 0.534. The number of rotatable bonds is 2. The lowest BCUT2D eigenvalue weighted by molar-refractivity contribution is 0.107. The molecule has 0 bridgehead atoms. The molecule has 0 spiro atoms. The predicted octanol–water partition coefficient (Wildman–Crippen LogP) is 1.57. The van der Waals surface area contributed by atoms with E-state index in [9.17, 15) is 9.59 Å². The molecule has 0 aliphatic carbocycles. The molecule has 0 saturated carbocycles. The van der Waals surface area contributed by atoms with Gasteiger partial charge in [-0.15, -0.1) is 12.6 Å². The molecule has 2 nitrogen and oxygen atoms in total. The third kappa shape index (κ3) is 1.68. The number of hydrogen-bond acceptors (Lipinski definition) is 2. The van der Waals surface area contributed by atoms with E-state index in [2.05, 4.69) is 12.6 Å². The van der Waals surface area contributed by atoms with Crippen LogP contribution in [-0.4, -0.2) is 11.4 Å². The highest BCUT2D eigenvalue weighted by Crippen LogP contribution is 2.08. The number of hydrogen-bond donors (Lipinski definition) is 1. The Hall–Kier alpha value is -1.09. The van der Waals surface area contributed by atoms with Crippen molar-refractivity contribution >= 4 is 24.0 Å². The smallest absolute Gasteiger partial charge is 0.217 e. The zero-order chi connectivity index (χ0) is 8.27. The number of carbonyl (C=O) groups is 2. The minimum atomic E-state index is -0.382. The molecular formula is C8H6O2S. The van der Waals surface area contributed by atoms with Gasteiger partial charge >= 0.3 is 0 Å². The highest BCUT2D eigenvalue weighted by molar-refractivity contribution is 7.97. The van der Waals surface area contributed by atoms with Gasteiger partial charge in [-0.3, -0.25) is 9.59 Å². The molecule has 0 N–H and O–H groups in total. The summed E-state index contributed by atoms with van der Waals surface area (Å²) in [6.45, 7) is 0. The van der Waals surface area contributed by atoms with Crippen molar-refractivity contribution in [2.75, 3.05) is 0 Å². The van der Waals surface area contributed by atoms with Crippen LogP contribution in [0.5, 0.6) is 0 Å². The van der Waals surface area contributed by atoms with Crippen LogP contribution in [0.4, 0.5) is 0 Å². The van der Waals surface area contributed by atoms with Gasteiger partial charge in [-0.2, -0.15) is 0 Å². The van der Waals surface area contributed by atoms with E-state index in [1.54, 1.807) is 24.3 Å². The van der Waals surface area contributed by atoms with Crippen molar-refractivity contribution in [1.29, 1.82) is 0 Å². The molecule has 0 fully saturated rings. The summed E-state index contributed by atoms with van der Waals surface area (Å²) in [5, 5.41) is -0.382. The molecule has 1 rings (SSSR count). The Kier molecular flexibility index (Phi) is 2.44. The minimum Gasteiger partial charge on any atom is -0.298 e. The molecule has 0 aromatic heterocycles. The van der Waals surface area contributed by atoms with E-state index in [0.717, 1.165) is 0 Å². The first-order chi connectivity index (χ1) is 5.25. The summed E-state index contributed by atoms with van der Waals surface area (Å²) in [5.74, 6) is 0. The number of carbonyl (C=O) groups excluding carboxylic acids is 2. The Balaban J connectivity index is 3.22. The summed E-state index contributed by atoms with van der Waals surface area (Å²) in [5.41, 5.74) is 0.735. The van der Waals surface area contributed by atoms with Gasteiger partial charge in [0.1, 0.15) is 0 Å². The Morgan fingerprint density at radius 3 is 2.45 bits per heavy atom. The van der Waals surface area contributed by atoms with Crippen LogP contribution in [0.2, 0.25) is 0 Å². The van der Waals surface area contributed by atoms with Gasteiger partial charge in [0, 0.05) is 11.1 Å². The van der Waals surface area contributed by atoms with Crippen molar-refractivity contribution in [1.82, 2.24) is 0 Å². The van der Waals surface area contributed by atoms with E-state index in [-0.39, 0.29) is 5.12 Å². The molecule has 3 heteroatoms. The van der Waals surface area contributed by atoms with Crippen LogP contribution >= 0.6 is 12.6 Å². The Bertz CT molecular complexity index is 294. The Morgan fingerprint density at radius 2 is 2.00 bits per heavy atom. The molecule has 1 aromatic carbocycles. The summed E-state index contributed by atoms with van der Waals surface area (Å²) in [4.78, 5) is 21.1. The number of aldehydes is 1. The second-order valence-electron chi connectivity index (χ2n) is 2.01. The fourth-order valence-electron chi connectivity index (χ4n) is 0.795. The lowest BCUT2D eigenvalue weighted by atomic mass is 10.1. The third-order valence-corrected chi connectivity index (χ3v) is 1.56. The van der Waals surface area contributed by atoms with Crippen molar-refractivity contribution in [2.24, 2.45) is 0 Å². The number of thiol groups is 1. The first-order valence-electron chi connectivity index (χ1n) is 3.03. The molecular weight excluding hydrogens is 160 g/mol. The van der Waals surface area contributed by atoms with Gasteiger partial charge in [0.25, 0.3) is 0 Å². The Labute approximate surface area is 69.6 Å². The molecule has 0 radical (unpaired) electrons. The minimum absolute atomic E-state index is 0.353. The van der Waals surface area contributed by atoms with E-state index in [1.165, 1.54) is 0 Å². The fraction of sp³-hybridized carbons (Fsp3) is 0. The average molecular weight is 166 g/mol. The van der Waals surface area contributed by atoms with Gasteiger partial charge in [0.05, 0.1) is 0 Å². The fourth-order valence-corrected chi connectivity index (χ4v) is 0.998. The van der Waals surface area contributed by atoms with Gasteiger partial charge in [0.15, 0.2) is 6.29 Å². The second-order valence-corrected chi connectivity index (χ2v) is 2.42. The first-order valence-corrected chi connectivity index (χ1v) is 3.48. The second kappa shape index (κ2) is 3.34. The first kappa shape index (κ1) is 8.01. The summed E-state index contributed by atoms with van der Waals surface area (Å²) >= 11 is 3.61. The normalized spacial score (nSPS) is 9.18. The maximum absolute atomic E-state index is 10.7. The van der Waals surface area contributed by atoms with Crippen molar-refractivity contribution < 1.29 is 9.59 Å². The monoisotopic (exact) mass is 166 g/mol. The van der Waals surface area contributed by atoms with Gasteiger partial charge in [0.2, 0.25) is 5.12 Å². The van der Waals surface area contributed by atoms with Crippen LogP contribution in [0.1, 0.15) is 20.7 Å². The average Bonchev–Trinajstić information content (AvgIpc) is 2.04. The van der Waals surface area contributed by atoms with Gasteiger partial charge in [-0.05, 0) is 6.07 Å². The molecule has 56 valence electrons. The number of benzene rings is 1. The maximum Gasteiger partial charge on any atom is 0.217 e. The lowest BCUT2D eigenvalue weighted by Crippen LogP contribution is -1.94. The molecule has 0 heterocycles. The van der Waals surface area contributed by atoms with E-state index in [1.807, 2.05) is 0 Å². The molecule has 0 aliphatic rings. The van der Waals surface area contributed by atoms with Crippen molar-refractivity contribution in [3.05, 3.63) is 35.4 Å². The summed E-state index contributed by atoms with van der Waals surface area (Å²) in [6, 6.07) is 6.54. The van der Waals surface area contributed by atoms with Crippen LogP contribution in [0.3, 0.4) is 0 Å². The Morgan fingerprint density at radius 1 is 1.36 bits per heavy atom. The highest BCUT2D eigenvalue weighted by Gasteiger charge is 2.04. The van der Waals surface area contributed by atoms with Crippen LogP contribution < -0.4 is 0 Å². The SMILES string of the molecule is O=Cc1ccccc1C(=O)S. The van der Waals surface area contributed by atoms with E-state index in [0.29, 0.717) is 17.4 Å². The molecule has 0 atom stereocenters. The largest absolute Gasteiger partial charge is 0.298 e. The van der Waals surface area contributed by atoms with Crippen LogP contribution in [0, 0.1) is 0 Å². The lowest BCUT2D eigenvalue weighted by Gasteiger charge is -1.96. The predicted molar refractivity (Wildman–Crippen MR) is 45.1 cm³/mol. The molecule has 11 heavy (non-hydrogen) atoms.